The second-order valence-electron chi connectivity index (χ2n) is 7.46. The highest BCUT2D eigenvalue weighted by Crippen LogP contribution is 2.37. The van der Waals surface area contributed by atoms with Crippen LogP contribution in [0.15, 0.2) is 48.8 Å². The van der Waals surface area contributed by atoms with E-state index in [1.165, 1.54) is 18.3 Å². The van der Waals surface area contributed by atoms with Crippen LogP contribution in [0.2, 0.25) is 0 Å². The lowest BCUT2D eigenvalue weighted by atomic mass is 9.84. The topological polar surface area (TPSA) is 67.5 Å². The number of amides is 1. The molecule has 7 heteroatoms. The van der Waals surface area contributed by atoms with Crippen molar-refractivity contribution in [2.24, 2.45) is 0 Å². The zero-order valence-corrected chi connectivity index (χ0v) is 15.2. The van der Waals surface area contributed by atoms with Gasteiger partial charge in [0.1, 0.15) is 11.7 Å². The molecule has 144 valence electrons. The van der Waals surface area contributed by atoms with Gasteiger partial charge in [0.15, 0.2) is 5.82 Å². The van der Waals surface area contributed by atoms with Gasteiger partial charge in [0.2, 0.25) is 0 Å². The predicted octanol–water partition coefficient (Wildman–Crippen LogP) is 3.15. The van der Waals surface area contributed by atoms with E-state index in [9.17, 15) is 9.18 Å². The van der Waals surface area contributed by atoms with Crippen molar-refractivity contribution in [2.75, 3.05) is 19.7 Å². The molecule has 2 fully saturated rings. The van der Waals surface area contributed by atoms with Gasteiger partial charge in [-0.2, -0.15) is 0 Å². The molecule has 4 heterocycles. The van der Waals surface area contributed by atoms with Crippen LogP contribution in [0.1, 0.15) is 23.2 Å². The van der Waals surface area contributed by atoms with Crippen molar-refractivity contribution >= 4 is 16.8 Å². The summed E-state index contributed by atoms with van der Waals surface area (Å²) in [6.07, 6.45) is 4.38. The van der Waals surface area contributed by atoms with Crippen molar-refractivity contribution in [2.45, 2.75) is 24.5 Å². The van der Waals surface area contributed by atoms with Crippen LogP contribution in [-0.2, 0) is 4.74 Å². The number of rotatable bonds is 3. The van der Waals surface area contributed by atoms with E-state index in [-0.39, 0.29) is 17.9 Å². The number of hydrogen-bond donors (Lipinski definition) is 1. The molecule has 1 amide bonds. The largest absolute Gasteiger partial charge is 0.472 e. The molecule has 0 saturated carbocycles. The first-order valence-electron chi connectivity index (χ1n) is 9.40. The normalized spacial score (nSPS) is 20.9. The number of carbonyl (C=O) groups excluding carboxylic acids is 1. The summed E-state index contributed by atoms with van der Waals surface area (Å²) in [5, 5.41) is 0.921. The molecule has 3 aromatic rings. The van der Waals surface area contributed by atoms with Gasteiger partial charge in [-0.3, -0.25) is 4.79 Å². The second-order valence-corrected chi connectivity index (χ2v) is 7.46. The van der Waals surface area contributed by atoms with E-state index in [0.29, 0.717) is 38.1 Å². The van der Waals surface area contributed by atoms with Gasteiger partial charge in [0.05, 0.1) is 25.3 Å². The Balaban J connectivity index is 1.26. The third-order valence-corrected chi connectivity index (χ3v) is 5.52. The molecule has 2 saturated heterocycles. The van der Waals surface area contributed by atoms with Crippen LogP contribution in [0.3, 0.4) is 0 Å². The molecule has 6 nitrogen and oxygen atoms in total. The monoisotopic (exact) mass is 381 g/mol. The molecule has 28 heavy (non-hydrogen) atoms. The van der Waals surface area contributed by atoms with Crippen LogP contribution in [0.25, 0.3) is 10.9 Å². The van der Waals surface area contributed by atoms with Crippen molar-refractivity contribution in [3.63, 3.8) is 0 Å². The number of fused-ring (bicyclic) bond motifs is 1. The number of aromatic nitrogens is 2. The van der Waals surface area contributed by atoms with Crippen molar-refractivity contribution < 1.29 is 18.7 Å². The fraction of sp³-hybridized carbons (Fsp3) is 0.333. The average Bonchev–Trinajstić information content (AvgIpc) is 3.12. The number of halogens is 1. The van der Waals surface area contributed by atoms with Gasteiger partial charge >= 0.3 is 0 Å². The highest BCUT2D eigenvalue weighted by Gasteiger charge is 2.50. The number of pyridine rings is 1. The molecule has 1 N–H and O–H groups in total. The summed E-state index contributed by atoms with van der Waals surface area (Å²) >= 11 is 0. The molecule has 2 aliphatic rings. The molecule has 2 aliphatic heterocycles. The Morgan fingerprint density at radius 3 is 3.00 bits per heavy atom. The third-order valence-electron chi connectivity index (χ3n) is 5.52. The Hall–Kier alpha value is -2.93. The Bertz CT molecular complexity index is 1030. The number of aromatic amines is 1. The smallest absolute Gasteiger partial charge is 0.256 e. The van der Waals surface area contributed by atoms with Crippen LogP contribution in [0.5, 0.6) is 5.88 Å². The highest BCUT2D eigenvalue weighted by atomic mass is 19.1. The summed E-state index contributed by atoms with van der Waals surface area (Å²) in [6.45, 7) is 1.54. The van der Waals surface area contributed by atoms with Gasteiger partial charge in [0.25, 0.3) is 11.8 Å². The minimum Gasteiger partial charge on any atom is -0.472 e. The molecule has 1 spiro atoms. The summed E-state index contributed by atoms with van der Waals surface area (Å²) < 4.78 is 25.6. The van der Waals surface area contributed by atoms with Crippen molar-refractivity contribution in [3.8, 4) is 5.88 Å². The van der Waals surface area contributed by atoms with Crippen LogP contribution < -0.4 is 4.74 Å². The summed E-state index contributed by atoms with van der Waals surface area (Å²) in [6, 6.07) is 10.6. The molecule has 0 unspecified atom stereocenters. The van der Waals surface area contributed by atoms with Crippen LogP contribution >= 0.6 is 0 Å². The predicted molar refractivity (Wildman–Crippen MR) is 101 cm³/mol. The first kappa shape index (κ1) is 17.2. The summed E-state index contributed by atoms with van der Waals surface area (Å²) in [4.78, 5) is 21.8. The molecule has 1 atom stereocenters. The Kier molecular flexibility index (Phi) is 4.05. The average molecular weight is 381 g/mol. The van der Waals surface area contributed by atoms with Crippen molar-refractivity contribution in [3.05, 3.63) is 60.2 Å². The lowest BCUT2D eigenvalue weighted by molar-refractivity contribution is -0.174. The minimum absolute atomic E-state index is 0.00881. The lowest BCUT2D eigenvalue weighted by Gasteiger charge is -2.52. The molecule has 0 bridgehead atoms. The minimum atomic E-state index is -0.465. The van der Waals surface area contributed by atoms with E-state index < -0.39 is 11.4 Å². The molecule has 2 aromatic heterocycles. The Morgan fingerprint density at radius 2 is 2.14 bits per heavy atom. The number of hydrogen-bond acceptors (Lipinski definition) is 4. The maximum absolute atomic E-state index is 13.8. The highest BCUT2D eigenvalue weighted by molar-refractivity contribution is 6.07. The standard InChI is InChI=1S/C21H20FN3O3/c22-17-5-3-8-23-19(17)28-14-7-9-27-21(10-14)12-25(13-21)20(26)16-11-24-18-6-2-1-4-15(16)18/h1-6,8,11,14,24H,7,9-10,12-13H2/t14-/m1/s1. The number of nitrogens with zero attached hydrogens (tertiary/aromatic N) is 2. The Morgan fingerprint density at radius 1 is 1.29 bits per heavy atom. The molecular weight excluding hydrogens is 361 g/mol. The number of benzene rings is 1. The molecule has 5 rings (SSSR count). The van der Waals surface area contributed by atoms with E-state index in [2.05, 4.69) is 9.97 Å². The SMILES string of the molecule is O=C(c1c[nH]c2ccccc12)N1CC2(C[C@H](Oc3ncccc3F)CCO2)C1. The van der Waals surface area contributed by atoms with Gasteiger partial charge in [-0.15, -0.1) is 0 Å². The molecule has 1 aromatic carbocycles. The van der Waals surface area contributed by atoms with Gasteiger partial charge in [0, 0.05) is 36.1 Å². The van der Waals surface area contributed by atoms with E-state index in [0.717, 1.165) is 10.9 Å². The molecule has 0 radical (unpaired) electrons. The van der Waals surface area contributed by atoms with Crippen molar-refractivity contribution in [1.29, 1.82) is 0 Å². The summed E-state index contributed by atoms with van der Waals surface area (Å²) in [7, 11) is 0. The van der Waals surface area contributed by atoms with Crippen LogP contribution in [0.4, 0.5) is 4.39 Å². The van der Waals surface area contributed by atoms with Gasteiger partial charge in [-0.1, -0.05) is 18.2 Å². The quantitative estimate of drug-likeness (QED) is 0.757. The fourth-order valence-electron chi connectivity index (χ4n) is 4.13. The zero-order valence-electron chi connectivity index (χ0n) is 15.2. The lowest BCUT2D eigenvalue weighted by Crippen LogP contribution is -2.67. The maximum Gasteiger partial charge on any atom is 0.256 e. The van der Waals surface area contributed by atoms with E-state index in [1.54, 1.807) is 11.1 Å². The number of likely N-dealkylation sites (tertiary alicyclic amines) is 1. The number of nitrogens with one attached hydrogen (secondary N) is 1. The van der Waals surface area contributed by atoms with E-state index >= 15 is 0 Å². The Labute approximate surface area is 161 Å². The second kappa shape index (κ2) is 6.60. The first-order chi connectivity index (χ1) is 13.6. The summed E-state index contributed by atoms with van der Waals surface area (Å²) in [5.41, 5.74) is 1.20. The number of ether oxygens (including phenoxy) is 2. The van der Waals surface area contributed by atoms with Gasteiger partial charge < -0.3 is 19.4 Å². The van der Waals surface area contributed by atoms with E-state index in [1.807, 2.05) is 24.3 Å². The third kappa shape index (κ3) is 2.92. The summed E-state index contributed by atoms with van der Waals surface area (Å²) in [5.74, 6) is -0.450. The fourth-order valence-corrected chi connectivity index (χ4v) is 4.13. The maximum atomic E-state index is 13.8. The first-order valence-corrected chi connectivity index (χ1v) is 9.40. The van der Waals surface area contributed by atoms with E-state index in [4.69, 9.17) is 9.47 Å². The molecule has 0 aliphatic carbocycles. The number of H-pyrrole nitrogens is 1. The van der Waals surface area contributed by atoms with Crippen LogP contribution in [0, 0.1) is 5.82 Å². The number of para-hydroxylation sites is 1. The number of carbonyl (C=O) groups is 1. The van der Waals surface area contributed by atoms with Crippen molar-refractivity contribution in [1.82, 2.24) is 14.9 Å². The van der Waals surface area contributed by atoms with Gasteiger partial charge in [-0.25, -0.2) is 9.37 Å². The zero-order chi connectivity index (χ0) is 19.1. The molecular formula is C21H20FN3O3. The van der Waals surface area contributed by atoms with Crippen LogP contribution in [-0.4, -0.2) is 52.2 Å². The van der Waals surface area contributed by atoms with Gasteiger partial charge in [-0.05, 0) is 18.2 Å².